The average Bonchev–Trinajstić information content (AvgIpc) is 2.67. The van der Waals surface area contributed by atoms with Crippen LogP contribution < -0.4 is 5.32 Å². The molecule has 1 unspecified atom stereocenters. The predicted octanol–water partition coefficient (Wildman–Crippen LogP) is 1.95. The molecule has 19 heavy (non-hydrogen) atoms. The van der Waals surface area contributed by atoms with E-state index in [-0.39, 0.29) is 12.3 Å². The molecular formula is C14H22N2O3. The molecule has 0 spiro atoms. The van der Waals surface area contributed by atoms with Gasteiger partial charge >= 0.3 is 5.97 Å². The van der Waals surface area contributed by atoms with Crippen molar-refractivity contribution in [3.8, 4) is 0 Å². The van der Waals surface area contributed by atoms with Crippen LogP contribution in [0, 0.1) is 12.8 Å². The zero-order chi connectivity index (χ0) is 14.4. The third-order valence-electron chi connectivity index (χ3n) is 3.38. The fraction of sp³-hybridized carbons (Fsp3) is 0.571. The molecule has 0 radical (unpaired) electrons. The van der Waals surface area contributed by atoms with Gasteiger partial charge in [0.25, 0.3) is 5.91 Å². The van der Waals surface area contributed by atoms with Crippen LogP contribution in [-0.4, -0.2) is 28.1 Å². The molecule has 0 aliphatic heterocycles. The molecule has 1 atom stereocenters. The molecule has 0 saturated carbocycles. The van der Waals surface area contributed by atoms with E-state index >= 15 is 0 Å². The van der Waals surface area contributed by atoms with E-state index in [9.17, 15) is 9.59 Å². The molecule has 0 saturated heterocycles. The Labute approximate surface area is 113 Å². The second kappa shape index (κ2) is 6.97. The summed E-state index contributed by atoms with van der Waals surface area (Å²) in [5.74, 6) is -0.553. The van der Waals surface area contributed by atoms with Gasteiger partial charge < -0.3 is 15.0 Å². The highest BCUT2D eigenvalue weighted by Crippen LogP contribution is 2.10. The molecule has 0 aromatic carbocycles. The SMILES string of the molecule is Cc1ccc(C(=O)NCCC(C)CCC(=O)O)n1C. The van der Waals surface area contributed by atoms with Gasteiger partial charge in [0.15, 0.2) is 0 Å². The number of nitrogens with zero attached hydrogens (tertiary/aromatic N) is 1. The van der Waals surface area contributed by atoms with Gasteiger partial charge in [-0.3, -0.25) is 9.59 Å². The van der Waals surface area contributed by atoms with Crippen LogP contribution in [0.1, 0.15) is 42.4 Å². The molecule has 5 nitrogen and oxygen atoms in total. The molecule has 1 aromatic heterocycles. The molecular weight excluding hydrogens is 244 g/mol. The zero-order valence-corrected chi connectivity index (χ0v) is 11.8. The normalized spacial score (nSPS) is 12.2. The highest BCUT2D eigenvalue weighted by molar-refractivity contribution is 5.92. The van der Waals surface area contributed by atoms with Gasteiger partial charge in [0, 0.05) is 25.7 Å². The molecule has 106 valence electrons. The van der Waals surface area contributed by atoms with Gasteiger partial charge in [0.2, 0.25) is 0 Å². The molecule has 1 amide bonds. The summed E-state index contributed by atoms with van der Waals surface area (Å²) in [5, 5.41) is 11.4. The number of amides is 1. The summed E-state index contributed by atoms with van der Waals surface area (Å²) in [7, 11) is 1.86. The molecule has 1 aromatic rings. The lowest BCUT2D eigenvalue weighted by Gasteiger charge is -2.11. The Morgan fingerprint density at radius 2 is 2.05 bits per heavy atom. The molecule has 1 heterocycles. The zero-order valence-electron chi connectivity index (χ0n) is 11.8. The highest BCUT2D eigenvalue weighted by atomic mass is 16.4. The summed E-state index contributed by atoms with van der Waals surface area (Å²) in [4.78, 5) is 22.3. The number of carbonyl (C=O) groups excluding carboxylic acids is 1. The molecule has 0 aliphatic carbocycles. The Balaban J connectivity index is 2.31. The van der Waals surface area contributed by atoms with E-state index in [4.69, 9.17) is 5.11 Å². The number of carboxylic acid groups (broad SMARTS) is 1. The van der Waals surface area contributed by atoms with Crippen LogP contribution in [0.3, 0.4) is 0 Å². The maximum atomic E-state index is 11.9. The van der Waals surface area contributed by atoms with E-state index in [2.05, 4.69) is 5.32 Å². The van der Waals surface area contributed by atoms with Crippen LogP contribution in [0.15, 0.2) is 12.1 Å². The van der Waals surface area contributed by atoms with E-state index < -0.39 is 5.97 Å². The Morgan fingerprint density at radius 3 is 2.58 bits per heavy atom. The molecule has 1 rings (SSSR count). The maximum Gasteiger partial charge on any atom is 0.303 e. The third kappa shape index (κ3) is 4.77. The van der Waals surface area contributed by atoms with Gasteiger partial charge in [-0.05, 0) is 37.8 Å². The van der Waals surface area contributed by atoms with Crippen molar-refractivity contribution < 1.29 is 14.7 Å². The Kier molecular flexibility index (Phi) is 5.60. The number of nitrogens with one attached hydrogen (secondary N) is 1. The Bertz CT molecular complexity index is 452. The lowest BCUT2D eigenvalue weighted by atomic mass is 10.0. The average molecular weight is 266 g/mol. The van der Waals surface area contributed by atoms with Crippen molar-refractivity contribution in [2.75, 3.05) is 6.54 Å². The van der Waals surface area contributed by atoms with Gasteiger partial charge in [0.1, 0.15) is 5.69 Å². The van der Waals surface area contributed by atoms with E-state index in [1.807, 2.05) is 31.5 Å². The third-order valence-corrected chi connectivity index (χ3v) is 3.38. The number of aryl methyl sites for hydroxylation is 1. The Hall–Kier alpha value is -1.78. The second-order valence-electron chi connectivity index (χ2n) is 5.00. The van der Waals surface area contributed by atoms with Gasteiger partial charge in [-0.1, -0.05) is 6.92 Å². The molecule has 0 fully saturated rings. The lowest BCUT2D eigenvalue weighted by Crippen LogP contribution is -2.27. The number of hydrogen-bond acceptors (Lipinski definition) is 2. The highest BCUT2D eigenvalue weighted by Gasteiger charge is 2.11. The monoisotopic (exact) mass is 266 g/mol. The standard InChI is InChI=1S/C14H22N2O3/c1-10(4-7-13(17)18)8-9-15-14(19)12-6-5-11(2)16(12)3/h5-6,10H,4,7-9H2,1-3H3,(H,15,19)(H,17,18). The van der Waals surface area contributed by atoms with Crippen molar-refractivity contribution in [1.29, 1.82) is 0 Å². The van der Waals surface area contributed by atoms with Crippen molar-refractivity contribution in [3.63, 3.8) is 0 Å². The lowest BCUT2D eigenvalue weighted by molar-refractivity contribution is -0.137. The molecule has 0 bridgehead atoms. The van der Waals surface area contributed by atoms with Gasteiger partial charge in [-0.15, -0.1) is 0 Å². The molecule has 5 heteroatoms. The Morgan fingerprint density at radius 1 is 1.37 bits per heavy atom. The molecule has 0 aliphatic rings. The number of carbonyl (C=O) groups is 2. The van der Waals surface area contributed by atoms with Crippen LogP contribution in [0.25, 0.3) is 0 Å². The van der Waals surface area contributed by atoms with Crippen molar-refractivity contribution in [1.82, 2.24) is 9.88 Å². The van der Waals surface area contributed by atoms with Crippen molar-refractivity contribution in [2.45, 2.75) is 33.1 Å². The van der Waals surface area contributed by atoms with Crippen molar-refractivity contribution in [3.05, 3.63) is 23.5 Å². The van der Waals surface area contributed by atoms with Crippen LogP contribution >= 0.6 is 0 Å². The van der Waals surface area contributed by atoms with Gasteiger partial charge in [0.05, 0.1) is 0 Å². The topological polar surface area (TPSA) is 71.3 Å². The first kappa shape index (κ1) is 15.3. The largest absolute Gasteiger partial charge is 0.481 e. The van der Waals surface area contributed by atoms with E-state index in [0.29, 0.717) is 24.6 Å². The van der Waals surface area contributed by atoms with Crippen LogP contribution in [-0.2, 0) is 11.8 Å². The number of rotatable bonds is 7. The smallest absolute Gasteiger partial charge is 0.303 e. The quantitative estimate of drug-likeness (QED) is 0.792. The second-order valence-corrected chi connectivity index (χ2v) is 5.00. The van der Waals surface area contributed by atoms with Gasteiger partial charge in [-0.2, -0.15) is 0 Å². The van der Waals surface area contributed by atoms with Crippen molar-refractivity contribution in [2.24, 2.45) is 13.0 Å². The van der Waals surface area contributed by atoms with Crippen LogP contribution in [0.4, 0.5) is 0 Å². The van der Waals surface area contributed by atoms with E-state index in [1.165, 1.54) is 0 Å². The van der Waals surface area contributed by atoms with Gasteiger partial charge in [-0.25, -0.2) is 0 Å². The number of aliphatic carboxylic acids is 1. The summed E-state index contributed by atoms with van der Waals surface area (Å²) in [5.41, 5.74) is 1.69. The molecule has 2 N–H and O–H groups in total. The van der Waals surface area contributed by atoms with E-state index in [0.717, 1.165) is 12.1 Å². The minimum Gasteiger partial charge on any atom is -0.481 e. The fourth-order valence-corrected chi connectivity index (χ4v) is 1.88. The first-order valence-electron chi connectivity index (χ1n) is 6.54. The summed E-state index contributed by atoms with van der Waals surface area (Å²) in [6.07, 6.45) is 1.63. The summed E-state index contributed by atoms with van der Waals surface area (Å²) in [6, 6.07) is 3.71. The summed E-state index contributed by atoms with van der Waals surface area (Å²) < 4.78 is 1.85. The van der Waals surface area contributed by atoms with Crippen molar-refractivity contribution >= 4 is 11.9 Å². The first-order chi connectivity index (χ1) is 8.91. The summed E-state index contributed by atoms with van der Waals surface area (Å²) >= 11 is 0. The van der Waals surface area contributed by atoms with Crippen LogP contribution in [0.2, 0.25) is 0 Å². The van der Waals surface area contributed by atoms with Crippen LogP contribution in [0.5, 0.6) is 0 Å². The fourth-order valence-electron chi connectivity index (χ4n) is 1.88. The number of hydrogen-bond donors (Lipinski definition) is 2. The summed E-state index contributed by atoms with van der Waals surface area (Å²) in [6.45, 7) is 4.52. The van der Waals surface area contributed by atoms with E-state index in [1.54, 1.807) is 6.07 Å². The first-order valence-corrected chi connectivity index (χ1v) is 6.54. The number of carboxylic acids is 1. The minimum absolute atomic E-state index is 0.0824. The maximum absolute atomic E-state index is 11.9. The number of aromatic nitrogens is 1. The predicted molar refractivity (Wildman–Crippen MR) is 73.1 cm³/mol. The minimum atomic E-state index is -0.768.